The highest BCUT2D eigenvalue weighted by Crippen LogP contribution is 2.18. The van der Waals surface area contributed by atoms with E-state index >= 15 is 0 Å². The maximum absolute atomic E-state index is 13.5. The van der Waals surface area contributed by atoms with Crippen LogP contribution in [0.15, 0.2) is 18.2 Å². The summed E-state index contributed by atoms with van der Waals surface area (Å²) < 4.78 is 13.5. The van der Waals surface area contributed by atoms with Crippen molar-refractivity contribution in [1.82, 2.24) is 4.90 Å². The minimum Gasteiger partial charge on any atom is -0.392 e. The second-order valence-electron chi connectivity index (χ2n) is 3.64. The highest BCUT2D eigenvalue weighted by Gasteiger charge is 2.18. The number of carbonyl (C=O) groups excluding carboxylic acids is 1. The van der Waals surface area contributed by atoms with E-state index in [9.17, 15) is 9.18 Å². The van der Waals surface area contributed by atoms with Gasteiger partial charge in [-0.05, 0) is 19.1 Å². The summed E-state index contributed by atoms with van der Waals surface area (Å²) >= 11 is 5.57. The molecule has 1 amide bonds. The van der Waals surface area contributed by atoms with E-state index in [-0.39, 0.29) is 17.1 Å². The molecule has 1 unspecified atom stereocenters. The van der Waals surface area contributed by atoms with Crippen LogP contribution in [0.5, 0.6) is 0 Å². The maximum Gasteiger partial charge on any atom is 0.256 e. The molecule has 1 N–H and O–H groups in total. The Bertz CT molecular complexity index is 396. The number of rotatable bonds is 3. The molecule has 5 heteroatoms. The Morgan fingerprint density at radius 2 is 2.25 bits per heavy atom. The van der Waals surface area contributed by atoms with Gasteiger partial charge >= 0.3 is 0 Å². The van der Waals surface area contributed by atoms with Crippen molar-refractivity contribution in [2.75, 3.05) is 13.6 Å². The van der Waals surface area contributed by atoms with Crippen LogP contribution in [0.3, 0.4) is 0 Å². The normalized spacial score (nSPS) is 12.3. The smallest absolute Gasteiger partial charge is 0.256 e. The number of aliphatic hydroxyl groups is 1. The molecular weight excluding hydrogens is 233 g/mol. The van der Waals surface area contributed by atoms with Crippen LogP contribution in [-0.4, -0.2) is 35.6 Å². The SMILES string of the molecule is CC(O)CN(C)C(=O)c1cccc(Cl)c1F. The number of nitrogens with zero attached hydrogens (tertiary/aromatic N) is 1. The number of aliphatic hydroxyl groups excluding tert-OH is 1. The van der Waals surface area contributed by atoms with Crippen LogP contribution in [0.2, 0.25) is 5.02 Å². The summed E-state index contributed by atoms with van der Waals surface area (Å²) in [6.45, 7) is 1.70. The first-order valence-electron chi connectivity index (χ1n) is 4.81. The predicted molar refractivity (Wildman–Crippen MR) is 60.1 cm³/mol. The standard InChI is InChI=1S/C11H13ClFNO2/c1-7(15)6-14(2)11(16)8-4-3-5-9(12)10(8)13/h3-5,7,15H,6H2,1-2H3. The van der Waals surface area contributed by atoms with E-state index in [1.165, 1.54) is 30.1 Å². The van der Waals surface area contributed by atoms with E-state index in [1.807, 2.05) is 0 Å². The molecule has 88 valence electrons. The summed E-state index contributed by atoms with van der Waals surface area (Å²) in [6.07, 6.45) is -0.656. The first-order valence-corrected chi connectivity index (χ1v) is 5.18. The highest BCUT2D eigenvalue weighted by molar-refractivity contribution is 6.31. The number of hydrogen-bond acceptors (Lipinski definition) is 2. The molecule has 0 radical (unpaired) electrons. The molecule has 0 saturated carbocycles. The van der Waals surface area contributed by atoms with E-state index in [0.717, 1.165) is 0 Å². The molecule has 0 aliphatic carbocycles. The number of hydrogen-bond donors (Lipinski definition) is 1. The summed E-state index contributed by atoms with van der Waals surface area (Å²) in [5, 5.41) is 9.04. The molecule has 1 aromatic carbocycles. The van der Waals surface area contributed by atoms with Crippen molar-refractivity contribution in [3.8, 4) is 0 Å². The molecule has 0 spiro atoms. The Kier molecular flexibility index (Phi) is 4.26. The van der Waals surface area contributed by atoms with Gasteiger partial charge in [0.2, 0.25) is 0 Å². The van der Waals surface area contributed by atoms with Gasteiger partial charge in [0.25, 0.3) is 5.91 Å². The van der Waals surface area contributed by atoms with Crippen molar-refractivity contribution in [3.63, 3.8) is 0 Å². The Labute approximate surface area is 98.4 Å². The van der Waals surface area contributed by atoms with Gasteiger partial charge in [0.15, 0.2) is 5.82 Å². The number of halogens is 2. The Balaban J connectivity index is 2.92. The van der Waals surface area contributed by atoms with E-state index < -0.39 is 17.8 Å². The summed E-state index contributed by atoms with van der Waals surface area (Å²) in [5.41, 5.74) is -0.0874. The molecule has 0 saturated heterocycles. The van der Waals surface area contributed by atoms with Crippen molar-refractivity contribution in [3.05, 3.63) is 34.6 Å². The molecule has 0 bridgehead atoms. The quantitative estimate of drug-likeness (QED) is 0.884. The van der Waals surface area contributed by atoms with Crippen LogP contribution < -0.4 is 0 Å². The lowest BCUT2D eigenvalue weighted by Gasteiger charge is -2.19. The molecule has 16 heavy (non-hydrogen) atoms. The third-order valence-corrected chi connectivity index (χ3v) is 2.36. The zero-order valence-corrected chi connectivity index (χ0v) is 9.83. The number of benzene rings is 1. The Morgan fingerprint density at radius 1 is 1.62 bits per heavy atom. The van der Waals surface area contributed by atoms with Gasteiger partial charge in [-0.25, -0.2) is 4.39 Å². The van der Waals surface area contributed by atoms with E-state index in [2.05, 4.69) is 0 Å². The fourth-order valence-corrected chi connectivity index (χ4v) is 1.53. The lowest BCUT2D eigenvalue weighted by molar-refractivity contribution is 0.0699. The van der Waals surface area contributed by atoms with Crippen LogP contribution in [0.1, 0.15) is 17.3 Å². The second kappa shape index (κ2) is 5.27. The van der Waals surface area contributed by atoms with Gasteiger partial charge in [-0.15, -0.1) is 0 Å². The molecule has 0 heterocycles. The average Bonchev–Trinajstić information content (AvgIpc) is 2.20. The van der Waals surface area contributed by atoms with Gasteiger partial charge in [-0.1, -0.05) is 17.7 Å². The fourth-order valence-electron chi connectivity index (χ4n) is 1.35. The van der Waals surface area contributed by atoms with Crippen molar-refractivity contribution < 1.29 is 14.3 Å². The lowest BCUT2D eigenvalue weighted by Crippen LogP contribution is -2.33. The van der Waals surface area contributed by atoms with Gasteiger partial charge in [-0.3, -0.25) is 4.79 Å². The maximum atomic E-state index is 13.5. The molecule has 0 aliphatic heterocycles. The van der Waals surface area contributed by atoms with Crippen molar-refractivity contribution in [1.29, 1.82) is 0 Å². The first kappa shape index (κ1) is 12.9. The van der Waals surface area contributed by atoms with Crippen LogP contribution >= 0.6 is 11.6 Å². The van der Waals surface area contributed by atoms with Crippen LogP contribution in [0, 0.1) is 5.82 Å². The van der Waals surface area contributed by atoms with E-state index in [1.54, 1.807) is 6.92 Å². The minimum absolute atomic E-state index is 0.0868. The highest BCUT2D eigenvalue weighted by atomic mass is 35.5. The molecule has 1 rings (SSSR count). The van der Waals surface area contributed by atoms with Crippen molar-refractivity contribution in [2.45, 2.75) is 13.0 Å². The van der Waals surface area contributed by atoms with Crippen LogP contribution in [-0.2, 0) is 0 Å². The van der Waals surface area contributed by atoms with Gasteiger partial charge in [0.1, 0.15) is 0 Å². The second-order valence-corrected chi connectivity index (χ2v) is 4.04. The van der Waals surface area contributed by atoms with Crippen LogP contribution in [0.4, 0.5) is 4.39 Å². The fraction of sp³-hybridized carbons (Fsp3) is 0.364. The summed E-state index contributed by atoms with van der Waals surface area (Å²) in [6, 6.07) is 4.25. The Morgan fingerprint density at radius 3 is 2.81 bits per heavy atom. The van der Waals surface area contributed by atoms with E-state index in [4.69, 9.17) is 16.7 Å². The average molecular weight is 246 g/mol. The monoisotopic (exact) mass is 245 g/mol. The predicted octanol–water partition coefficient (Wildman–Crippen LogP) is 1.93. The number of likely N-dealkylation sites (N-methyl/N-ethyl adjacent to an activating group) is 1. The van der Waals surface area contributed by atoms with Crippen molar-refractivity contribution >= 4 is 17.5 Å². The summed E-state index contributed by atoms with van der Waals surface area (Å²) in [4.78, 5) is 13.0. The van der Waals surface area contributed by atoms with Gasteiger partial charge in [0, 0.05) is 13.6 Å². The van der Waals surface area contributed by atoms with E-state index in [0.29, 0.717) is 0 Å². The lowest BCUT2D eigenvalue weighted by atomic mass is 10.2. The molecule has 0 aliphatic rings. The minimum atomic E-state index is -0.730. The summed E-state index contributed by atoms with van der Waals surface area (Å²) in [5.74, 6) is -1.23. The summed E-state index contributed by atoms with van der Waals surface area (Å²) in [7, 11) is 1.50. The van der Waals surface area contributed by atoms with Gasteiger partial charge in [0.05, 0.1) is 16.7 Å². The molecular formula is C11H13ClFNO2. The zero-order valence-electron chi connectivity index (χ0n) is 9.08. The third-order valence-electron chi connectivity index (χ3n) is 2.07. The molecule has 3 nitrogen and oxygen atoms in total. The Hall–Kier alpha value is -1.13. The topological polar surface area (TPSA) is 40.5 Å². The molecule has 1 atom stereocenters. The third kappa shape index (κ3) is 2.93. The first-order chi connectivity index (χ1) is 7.43. The molecule has 1 aromatic rings. The largest absolute Gasteiger partial charge is 0.392 e. The van der Waals surface area contributed by atoms with Crippen LogP contribution in [0.25, 0.3) is 0 Å². The number of amides is 1. The number of carbonyl (C=O) groups is 1. The van der Waals surface area contributed by atoms with Gasteiger partial charge < -0.3 is 10.0 Å². The zero-order chi connectivity index (χ0) is 12.3. The van der Waals surface area contributed by atoms with Gasteiger partial charge in [-0.2, -0.15) is 0 Å². The van der Waals surface area contributed by atoms with Crippen molar-refractivity contribution in [2.24, 2.45) is 0 Å². The molecule has 0 aromatic heterocycles. The molecule has 0 fully saturated rings.